The first-order valence-corrected chi connectivity index (χ1v) is 6.05. The summed E-state index contributed by atoms with van der Waals surface area (Å²) in [5, 5.41) is 20.8. The SMILES string of the molecule is OCC(O)(Cn1ccnc1)c1ccc(Cl)cc1Cl. The third kappa shape index (κ3) is 2.67. The van der Waals surface area contributed by atoms with Gasteiger partial charge in [-0.25, -0.2) is 4.98 Å². The minimum Gasteiger partial charge on any atom is -0.393 e. The Bertz CT molecular complexity index is 531. The van der Waals surface area contributed by atoms with Gasteiger partial charge in [-0.2, -0.15) is 0 Å². The number of hydrogen-bond acceptors (Lipinski definition) is 3. The van der Waals surface area contributed by atoms with Gasteiger partial charge in [-0.15, -0.1) is 0 Å². The van der Waals surface area contributed by atoms with Gasteiger partial charge in [-0.05, 0) is 12.1 Å². The second-order valence-electron chi connectivity index (χ2n) is 4.05. The first-order valence-electron chi connectivity index (χ1n) is 5.30. The highest BCUT2D eigenvalue weighted by molar-refractivity contribution is 6.35. The van der Waals surface area contributed by atoms with Gasteiger partial charge in [0.25, 0.3) is 0 Å². The molecule has 4 nitrogen and oxygen atoms in total. The lowest BCUT2D eigenvalue weighted by Crippen LogP contribution is -2.35. The first-order chi connectivity index (χ1) is 8.55. The molecule has 18 heavy (non-hydrogen) atoms. The van der Waals surface area contributed by atoms with E-state index in [1.807, 2.05) is 0 Å². The molecule has 0 saturated carbocycles. The molecular weight excluding hydrogens is 275 g/mol. The van der Waals surface area contributed by atoms with Crippen LogP contribution >= 0.6 is 23.2 Å². The number of aliphatic hydroxyl groups excluding tert-OH is 1. The van der Waals surface area contributed by atoms with Crippen molar-refractivity contribution in [1.29, 1.82) is 0 Å². The molecule has 2 rings (SSSR count). The van der Waals surface area contributed by atoms with E-state index < -0.39 is 12.2 Å². The fourth-order valence-corrected chi connectivity index (χ4v) is 2.35. The van der Waals surface area contributed by atoms with E-state index in [-0.39, 0.29) is 6.54 Å². The molecule has 0 amide bonds. The monoisotopic (exact) mass is 286 g/mol. The summed E-state index contributed by atoms with van der Waals surface area (Å²) >= 11 is 11.9. The number of halogens is 2. The van der Waals surface area contributed by atoms with Crippen LogP contribution in [0.1, 0.15) is 5.56 Å². The molecule has 1 atom stereocenters. The van der Waals surface area contributed by atoms with Crippen molar-refractivity contribution in [3.05, 3.63) is 52.5 Å². The van der Waals surface area contributed by atoms with Gasteiger partial charge >= 0.3 is 0 Å². The normalized spacial score (nSPS) is 14.4. The minimum atomic E-state index is -1.47. The molecule has 0 radical (unpaired) electrons. The quantitative estimate of drug-likeness (QED) is 0.905. The number of aliphatic hydroxyl groups is 2. The van der Waals surface area contributed by atoms with Crippen LogP contribution in [0.25, 0.3) is 0 Å². The molecule has 0 spiro atoms. The van der Waals surface area contributed by atoms with E-state index in [4.69, 9.17) is 23.2 Å². The predicted molar refractivity (Wildman–Crippen MR) is 69.7 cm³/mol. The first kappa shape index (κ1) is 13.4. The maximum absolute atomic E-state index is 10.5. The van der Waals surface area contributed by atoms with E-state index in [0.29, 0.717) is 15.6 Å². The summed E-state index contributed by atoms with van der Waals surface area (Å²) in [4.78, 5) is 3.89. The molecular formula is C12H12Cl2N2O2. The summed E-state index contributed by atoms with van der Waals surface area (Å²) in [6.07, 6.45) is 4.86. The van der Waals surface area contributed by atoms with E-state index in [9.17, 15) is 10.2 Å². The molecule has 1 unspecified atom stereocenters. The smallest absolute Gasteiger partial charge is 0.132 e. The van der Waals surface area contributed by atoms with Crippen LogP contribution in [0.15, 0.2) is 36.9 Å². The van der Waals surface area contributed by atoms with Crippen LogP contribution in [0, 0.1) is 0 Å². The summed E-state index contributed by atoms with van der Waals surface area (Å²) in [7, 11) is 0. The van der Waals surface area contributed by atoms with Gasteiger partial charge in [0.1, 0.15) is 5.60 Å². The van der Waals surface area contributed by atoms with Gasteiger partial charge in [0.2, 0.25) is 0 Å². The lowest BCUT2D eigenvalue weighted by atomic mass is 9.94. The number of aromatic nitrogens is 2. The lowest BCUT2D eigenvalue weighted by molar-refractivity contribution is -0.0331. The van der Waals surface area contributed by atoms with E-state index in [2.05, 4.69) is 4.98 Å². The Morgan fingerprint density at radius 1 is 1.33 bits per heavy atom. The van der Waals surface area contributed by atoms with Crippen molar-refractivity contribution >= 4 is 23.2 Å². The van der Waals surface area contributed by atoms with E-state index in [1.54, 1.807) is 35.4 Å². The second-order valence-corrected chi connectivity index (χ2v) is 4.89. The third-order valence-corrected chi connectivity index (χ3v) is 3.25. The van der Waals surface area contributed by atoms with Crippen molar-refractivity contribution in [2.45, 2.75) is 12.1 Å². The molecule has 0 fully saturated rings. The zero-order valence-electron chi connectivity index (χ0n) is 9.42. The molecule has 0 aliphatic heterocycles. The summed E-state index contributed by atoms with van der Waals surface area (Å²) in [6, 6.07) is 4.77. The Morgan fingerprint density at radius 2 is 2.11 bits per heavy atom. The molecule has 0 aliphatic rings. The summed E-state index contributed by atoms with van der Waals surface area (Å²) in [5.74, 6) is 0. The van der Waals surface area contributed by atoms with Gasteiger partial charge < -0.3 is 14.8 Å². The summed E-state index contributed by atoms with van der Waals surface area (Å²) in [5.41, 5.74) is -1.03. The topological polar surface area (TPSA) is 58.3 Å². The van der Waals surface area contributed by atoms with Gasteiger partial charge in [-0.3, -0.25) is 0 Å². The minimum absolute atomic E-state index is 0.158. The predicted octanol–water partition coefficient (Wildman–Crippen LogP) is 2.07. The lowest BCUT2D eigenvalue weighted by Gasteiger charge is -2.27. The number of hydrogen-bond donors (Lipinski definition) is 2. The van der Waals surface area contributed by atoms with Gasteiger partial charge in [0.05, 0.1) is 19.5 Å². The molecule has 0 bridgehead atoms. The number of nitrogens with zero attached hydrogens (tertiary/aromatic N) is 2. The van der Waals surface area contributed by atoms with Gasteiger partial charge in [0, 0.05) is 28.0 Å². The Balaban J connectivity index is 2.36. The van der Waals surface area contributed by atoms with E-state index in [0.717, 1.165) is 0 Å². The fourth-order valence-electron chi connectivity index (χ4n) is 1.77. The Hall–Kier alpha value is -1.07. The van der Waals surface area contributed by atoms with Crippen LogP contribution in [0.3, 0.4) is 0 Å². The molecule has 1 aromatic carbocycles. The van der Waals surface area contributed by atoms with Crippen LogP contribution in [-0.4, -0.2) is 26.4 Å². The second kappa shape index (κ2) is 5.28. The maximum atomic E-state index is 10.5. The van der Waals surface area contributed by atoms with Gasteiger partial charge in [-0.1, -0.05) is 29.3 Å². The molecule has 2 aromatic rings. The number of imidazole rings is 1. The average molecular weight is 287 g/mol. The van der Waals surface area contributed by atoms with Crippen LogP contribution < -0.4 is 0 Å². The van der Waals surface area contributed by atoms with Crippen molar-refractivity contribution in [3.8, 4) is 0 Å². The Labute approximate surface area is 114 Å². The highest BCUT2D eigenvalue weighted by Gasteiger charge is 2.31. The number of rotatable bonds is 4. The fraction of sp³-hybridized carbons (Fsp3) is 0.250. The van der Waals surface area contributed by atoms with Crippen LogP contribution in [-0.2, 0) is 12.1 Å². The van der Waals surface area contributed by atoms with Crippen molar-refractivity contribution in [2.75, 3.05) is 6.61 Å². The van der Waals surface area contributed by atoms with Gasteiger partial charge in [0.15, 0.2) is 0 Å². The zero-order valence-corrected chi connectivity index (χ0v) is 10.9. The largest absolute Gasteiger partial charge is 0.393 e. The molecule has 1 aromatic heterocycles. The van der Waals surface area contributed by atoms with Crippen LogP contribution in [0.5, 0.6) is 0 Å². The highest BCUT2D eigenvalue weighted by Crippen LogP contribution is 2.31. The van der Waals surface area contributed by atoms with Crippen molar-refractivity contribution in [3.63, 3.8) is 0 Å². The van der Waals surface area contributed by atoms with Crippen molar-refractivity contribution < 1.29 is 10.2 Å². The standard InChI is InChI=1S/C12H12Cl2N2O2/c13-9-1-2-10(11(14)5-9)12(18,7-17)6-16-4-3-15-8-16/h1-5,8,17-18H,6-7H2. The summed E-state index contributed by atoms with van der Waals surface area (Å²) < 4.78 is 1.67. The van der Waals surface area contributed by atoms with Crippen LogP contribution in [0.4, 0.5) is 0 Å². The van der Waals surface area contributed by atoms with Crippen molar-refractivity contribution in [1.82, 2.24) is 9.55 Å². The molecule has 0 aliphatic carbocycles. The van der Waals surface area contributed by atoms with E-state index in [1.165, 1.54) is 6.07 Å². The van der Waals surface area contributed by atoms with E-state index >= 15 is 0 Å². The highest BCUT2D eigenvalue weighted by atomic mass is 35.5. The van der Waals surface area contributed by atoms with Crippen molar-refractivity contribution in [2.24, 2.45) is 0 Å². The zero-order chi connectivity index (χ0) is 13.2. The Kier molecular flexibility index (Phi) is 3.92. The summed E-state index contributed by atoms with van der Waals surface area (Å²) in [6.45, 7) is -0.294. The third-order valence-electron chi connectivity index (χ3n) is 2.70. The average Bonchev–Trinajstić information content (AvgIpc) is 2.81. The molecule has 96 valence electrons. The molecule has 1 heterocycles. The Morgan fingerprint density at radius 3 is 2.67 bits per heavy atom. The maximum Gasteiger partial charge on any atom is 0.132 e. The molecule has 0 saturated heterocycles. The number of benzene rings is 1. The molecule has 6 heteroatoms. The van der Waals surface area contributed by atoms with Crippen LogP contribution in [0.2, 0.25) is 10.0 Å². The molecule has 2 N–H and O–H groups in total.